The normalized spacial score (nSPS) is 21.5. The van der Waals surface area contributed by atoms with Crippen LogP contribution >= 0.6 is 0 Å². The quantitative estimate of drug-likeness (QED) is 0.435. The Morgan fingerprint density at radius 2 is 1.85 bits per heavy atom. The van der Waals surface area contributed by atoms with E-state index in [-0.39, 0.29) is 17.0 Å². The first-order valence-corrected chi connectivity index (χ1v) is 11.2. The molecule has 4 N–H and O–H groups in total. The lowest BCUT2D eigenvalue weighted by molar-refractivity contribution is -0.142. The molecule has 2 aromatic rings. The number of hydrogen-bond acceptors (Lipinski definition) is 6. The highest BCUT2D eigenvalue weighted by Gasteiger charge is 2.51. The minimum atomic E-state index is -1.96. The van der Waals surface area contributed by atoms with Crippen molar-refractivity contribution in [1.82, 2.24) is 0 Å². The van der Waals surface area contributed by atoms with E-state index in [0.717, 1.165) is 0 Å². The van der Waals surface area contributed by atoms with Gasteiger partial charge < -0.3 is 30.1 Å². The lowest BCUT2D eigenvalue weighted by Crippen LogP contribution is -2.52. The van der Waals surface area contributed by atoms with Gasteiger partial charge in [-0.1, -0.05) is 35.9 Å². The number of hydrogen-bond donors (Lipinski definition) is 4. The van der Waals surface area contributed by atoms with Gasteiger partial charge in [0.15, 0.2) is 11.7 Å². The number of allylic oxidation sites excluding steroid dienone is 2. The second kappa shape index (κ2) is 10.0. The number of nitrogens with one attached hydrogen (secondary N) is 1. The standard InChI is InChI=1S/C27H33NO6/c1-17(2)7-6-15-26(3,31)16-14-18-8-13-21-22(23(18)29)27(32,24(34-5)25(30)28-21)19-9-11-20(33-4)12-10-19/h7-14,16,24,29,31-32H,6,15H2,1-5H3,(H,28,30)/b16-14+/t24-,26?,27+/m0/s1. The molecular formula is C27H33NO6. The van der Waals surface area contributed by atoms with E-state index in [0.29, 0.717) is 29.7 Å². The maximum absolute atomic E-state index is 12.7. The molecule has 1 amide bonds. The third kappa shape index (κ3) is 5.01. The Balaban J connectivity index is 2.08. The molecular weight excluding hydrogens is 434 g/mol. The van der Waals surface area contributed by atoms with Gasteiger partial charge in [-0.2, -0.15) is 0 Å². The number of phenolic OH excluding ortho intramolecular Hbond substituents is 1. The molecule has 0 spiro atoms. The predicted octanol–water partition coefficient (Wildman–Crippen LogP) is 4.11. The Morgan fingerprint density at radius 3 is 2.44 bits per heavy atom. The van der Waals surface area contributed by atoms with E-state index in [9.17, 15) is 20.1 Å². The molecule has 0 radical (unpaired) electrons. The third-order valence-electron chi connectivity index (χ3n) is 6.06. The fourth-order valence-corrected chi connectivity index (χ4v) is 4.17. The van der Waals surface area contributed by atoms with Gasteiger partial charge in [0, 0.05) is 12.7 Å². The smallest absolute Gasteiger partial charge is 0.257 e. The number of amides is 1. The van der Waals surface area contributed by atoms with E-state index in [1.165, 1.54) is 19.8 Å². The lowest BCUT2D eigenvalue weighted by atomic mass is 9.76. The molecule has 1 heterocycles. The molecule has 7 nitrogen and oxygen atoms in total. The topological polar surface area (TPSA) is 108 Å². The van der Waals surface area contributed by atoms with E-state index in [2.05, 4.69) is 11.4 Å². The van der Waals surface area contributed by atoms with E-state index < -0.39 is 23.2 Å². The first-order chi connectivity index (χ1) is 16.0. The van der Waals surface area contributed by atoms with Gasteiger partial charge in [0.05, 0.1) is 24.0 Å². The molecule has 3 rings (SSSR count). The summed E-state index contributed by atoms with van der Waals surface area (Å²) in [5.41, 5.74) is -0.722. The number of aliphatic hydroxyl groups is 2. The maximum atomic E-state index is 12.7. The highest BCUT2D eigenvalue weighted by Crippen LogP contribution is 2.48. The highest BCUT2D eigenvalue weighted by atomic mass is 16.5. The Morgan fingerprint density at radius 1 is 1.18 bits per heavy atom. The number of aromatic hydroxyl groups is 1. The van der Waals surface area contributed by atoms with Crippen LogP contribution in [0.4, 0.5) is 5.69 Å². The number of carbonyl (C=O) groups is 1. The third-order valence-corrected chi connectivity index (χ3v) is 6.06. The summed E-state index contributed by atoms with van der Waals surface area (Å²) in [6.45, 7) is 5.71. The summed E-state index contributed by atoms with van der Waals surface area (Å²) >= 11 is 0. The predicted molar refractivity (Wildman–Crippen MR) is 132 cm³/mol. The number of phenols is 1. The van der Waals surface area contributed by atoms with Crippen molar-refractivity contribution in [2.24, 2.45) is 0 Å². The van der Waals surface area contributed by atoms with Gasteiger partial charge in [-0.15, -0.1) is 0 Å². The van der Waals surface area contributed by atoms with Crippen molar-refractivity contribution < 1.29 is 29.6 Å². The van der Waals surface area contributed by atoms with Crippen LogP contribution in [0.1, 0.15) is 50.3 Å². The van der Waals surface area contributed by atoms with Gasteiger partial charge in [-0.05, 0) is 63.4 Å². The monoisotopic (exact) mass is 467 g/mol. The van der Waals surface area contributed by atoms with Crippen molar-refractivity contribution in [3.05, 3.63) is 70.8 Å². The van der Waals surface area contributed by atoms with E-state index in [4.69, 9.17) is 9.47 Å². The molecule has 0 fully saturated rings. The molecule has 34 heavy (non-hydrogen) atoms. The van der Waals surface area contributed by atoms with Crippen molar-refractivity contribution in [3.63, 3.8) is 0 Å². The van der Waals surface area contributed by atoms with Crippen LogP contribution in [-0.2, 0) is 15.1 Å². The van der Waals surface area contributed by atoms with Gasteiger partial charge in [0.1, 0.15) is 11.5 Å². The molecule has 7 heteroatoms. The van der Waals surface area contributed by atoms with Gasteiger partial charge in [-0.3, -0.25) is 4.79 Å². The molecule has 0 aromatic heterocycles. The number of rotatable bonds is 8. The average molecular weight is 468 g/mol. The fourth-order valence-electron chi connectivity index (χ4n) is 4.17. The zero-order valence-corrected chi connectivity index (χ0v) is 20.3. The number of carbonyl (C=O) groups excluding carboxylic acids is 1. The van der Waals surface area contributed by atoms with E-state index >= 15 is 0 Å². The Bertz CT molecular complexity index is 1100. The molecule has 0 aliphatic carbocycles. The van der Waals surface area contributed by atoms with Crippen molar-refractivity contribution in [2.45, 2.75) is 50.9 Å². The average Bonchev–Trinajstić information content (AvgIpc) is 2.78. The second-order valence-electron chi connectivity index (χ2n) is 9.04. The molecule has 0 saturated carbocycles. The summed E-state index contributed by atoms with van der Waals surface area (Å²) in [5, 5.41) is 36.6. The van der Waals surface area contributed by atoms with Crippen LogP contribution in [0, 0.1) is 0 Å². The number of benzene rings is 2. The van der Waals surface area contributed by atoms with Crippen LogP contribution in [-0.4, -0.2) is 47.2 Å². The van der Waals surface area contributed by atoms with Crippen molar-refractivity contribution in [3.8, 4) is 11.5 Å². The number of methoxy groups -OCH3 is 2. The van der Waals surface area contributed by atoms with Crippen LogP contribution in [0.5, 0.6) is 11.5 Å². The van der Waals surface area contributed by atoms with Crippen LogP contribution < -0.4 is 10.1 Å². The summed E-state index contributed by atoms with van der Waals surface area (Å²) in [5.74, 6) is -0.162. The fraction of sp³-hybridized carbons (Fsp3) is 0.370. The zero-order chi connectivity index (χ0) is 25.1. The minimum Gasteiger partial charge on any atom is -0.507 e. The van der Waals surface area contributed by atoms with E-state index in [1.807, 2.05) is 13.8 Å². The summed E-state index contributed by atoms with van der Waals surface area (Å²) < 4.78 is 10.6. The Hall–Kier alpha value is -3.13. The molecule has 182 valence electrons. The van der Waals surface area contributed by atoms with E-state index in [1.54, 1.807) is 55.5 Å². The summed E-state index contributed by atoms with van der Waals surface area (Å²) in [6.07, 6.45) is 5.22. The Labute approximate surface area is 200 Å². The van der Waals surface area contributed by atoms with Gasteiger partial charge in [-0.25, -0.2) is 0 Å². The minimum absolute atomic E-state index is 0.121. The van der Waals surface area contributed by atoms with Crippen LogP contribution in [0.25, 0.3) is 6.08 Å². The summed E-state index contributed by atoms with van der Waals surface area (Å²) in [6, 6.07) is 9.82. The lowest BCUT2D eigenvalue weighted by Gasteiger charge is -2.40. The highest BCUT2D eigenvalue weighted by molar-refractivity contribution is 6.00. The molecule has 3 atom stereocenters. The van der Waals surface area contributed by atoms with Gasteiger partial charge in [0.25, 0.3) is 5.91 Å². The van der Waals surface area contributed by atoms with Crippen LogP contribution in [0.3, 0.4) is 0 Å². The first-order valence-electron chi connectivity index (χ1n) is 11.2. The number of fused-ring (bicyclic) bond motifs is 1. The maximum Gasteiger partial charge on any atom is 0.257 e. The SMILES string of the molecule is COc1ccc([C@@]2(O)c3c(ccc(/C=C/C(C)(O)CCC=C(C)C)c3O)NC(=O)[C@@H]2OC)cc1. The van der Waals surface area contributed by atoms with Gasteiger partial charge >= 0.3 is 0 Å². The van der Waals surface area contributed by atoms with Crippen molar-refractivity contribution in [1.29, 1.82) is 0 Å². The second-order valence-corrected chi connectivity index (χ2v) is 9.04. The van der Waals surface area contributed by atoms with Crippen LogP contribution in [0.2, 0.25) is 0 Å². The molecule has 1 unspecified atom stereocenters. The summed E-state index contributed by atoms with van der Waals surface area (Å²) in [4.78, 5) is 12.7. The zero-order valence-electron chi connectivity index (χ0n) is 20.3. The number of ether oxygens (including phenoxy) is 2. The molecule has 1 aliphatic heterocycles. The molecule has 0 saturated heterocycles. The largest absolute Gasteiger partial charge is 0.507 e. The molecule has 2 aromatic carbocycles. The summed E-state index contributed by atoms with van der Waals surface area (Å²) in [7, 11) is 2.86. The first kappa shape index (κ1) is 25.5. The van der Waals surface area contributed by atoms with Crippen LogP contribution in [0.15, 0.2) is 54.1 Å². The Kier molecular flexibility index (Phi) is 7.51. The van der Waals surface area contributed by atoms with Gasteiger partial charge in [0.2, 0.25) is 0 Å². The molecule has 0 bridgehead atoms. The van der Waals surface area contributed by atoms with Crippen molar-refractivity contribution in [2.75, 3.05) is 19.5 Å². The molecule has 1 aliphatic rings. The van der Waals surface area contributed by atoms with Crippen molar-refractivity contribution >= 4 is 17.7 Å². The number of anilines is 1.